The Bertz CT molecular complexity index is 442. The minimum Gasteiger partial charge on any atom is -0.376 e. The van der Waals surface area contributed by atoms with Gasteiger partial charge in [0.25, 0.3) is 0 Å². The summed E-state index contributed by atoms with van der Waals surface area (Å²) in [5, 5.41) is 8.71. The largest absolute Gasteiger partial charge is 0.376 e. The lowest BCUT2D eigenvalue weighted by Gasteiger charge is -2.19. The molecule has 2 heterocycles. The van der Waals surface area contributed by atoms with Crippen LogP contribution in [-0.2, 0) is 18.3 Å². The summed E-state index contributed by atoms with van der Waals surface area (Å²) in [4.78, 5) is 0. The molecule has 1 saturated heterocycles. The van der Waals surface area contributed by atoms with Gasteiger partial charge in [-0.05, 0) is 32.1 Å². The molecule has 18 heavy (non-hydrogen) atoms. The van der Waals surface area contributed by atoms with Gasteiger partial charge in [0, 0.05) is 26.2 Å². The van der Waals surface area contributed by atoms with Crippen LogP contribution in [0.15, 0.2) is 0 Å². The molecule has 3 rings (SSSR count). The zero-order valence-corrected chi connectivity index (χ0v) is 11.7. The van der Waals surface area contributed by atoms with Gasteiger partial charge in [-0.3, -0.25) is 4.68 Å². The average molecular weight is 270 g/mol. The van der Waals surface area contributed by atoms with Gasteiger partial charge in [-0.1, -0.05) is 11.6 Å². The van der Waals surface area contributed by atoms with Crippen LogP contribution in [0.25, 0.3) is 0 Å². The third kappa shape index (κ3) is 2.29. The first-order chi connectivity index (χ1) is 8.66. The predicted molar refractivity (Wildman–Crippen MR) is 70.7 cm³/mol. The molecule has 1 saturated carbocycles. The molecule has 2 atom stereocenters. The SMILES string of the molecule is Cc1nn(C)c(CNC2CCOC2C2CC2)c1Cl. The van der Waals surface area contributed by atoms with Crippen LogP contribution in [0.2, 0.25) is 5.02 Å². The Kier molecular flexibility index (Phi) is 3.34. The van der Waals surface area contributed by atoms with Gasteiger partial charge in [-0.15, -0.1) is 0 Å². The minimum atomic E-state index is 0.415. The van der Waals surface area contributed by atoms with Crippen LogP contribution < -0.4 is 5.32 Å². The Morgan fingerprint density at radius 2 is 2.22 bits per heavy atom. The van der Waals surface area contributed by atoms with Crippen molar-refractivity contribution in [2.45, 2.75) is 44.9 Å². The smallest absolute Gasteiger partial charge is 0.0860 e. The van der Waals surface area contributed by atoms with Gasteiger partial charge < -0.3 is 10.1 Å². The topological polar surface area (TPSA) is 39.1 Å². The van der Waals surface area contributed by atoms with Gasteiger partial charge in [0.15, 0.2) is 0 Å². The second kappa shape index (κ2) is 4.83. The van der Waals surface area contributed by atoms with Crippen molar-refractivity contribution in [3.05, 3.63) is 16.4 Å². The third-order valence-electron chi connectivity index (χ3n) is 4.02. The number of nitrogens with one attached hydrogen (secondary N) is 1. The van der Waals surface area contributed by atoms with E-state index in [2.05, 4.69) is 10.4 Å². The number of hydrogen-bond acceptors (Lipinski definition) is 3. The van der Waals surface area contributed by atoms with E-state index in [1.165, 1.54) is 12.8 Å². The van der Waals surface area contributed by atoms with Gasteiger partial charge in [-0.2, -0.15) is 5.10 Å². The molecular weight excluding hydrogens is 250 g/mol. The Morgan fingerprint density at radius 1 is 1.44 bits per heavy atom. The van der Waals surface area contributed by atoms with Crippen LogP contribution in [0.5, 0.6) is 0 Å². The molecule has 1 aliphatic carbocycles. The predicted octanol–water partition coefficient (Wildman–Crippen LogP) is 2.04. The number of hydrogen-bond donors (Lipinski definition) is 1. The maximum Gasteiger partial charge on any atom is 0.0860 e. The van der Waals surface area contributed by atoms with Crippen LogP contribution in [0.3, 0.4) is 0 Å². The van der Waals surface area contributed by atoms with Crippen molar-refractivity contribution in [3.8, 4) is 0 Å². The van der Waals surface area contributed by atoms with Gasteiger partial charge in [0.2, 0.25) is 0 Å². The maximum atomic E-state index is 6.26. The molecule has 4 nitrogen and oxygen atoms in total. The molecule has 0 bridgehead atoms. The summed E-state index contributed by atoms with van der Waals surface area (Å²) in [5.41, 5.74) is 1.97. The Hall–Kier alpha value is -0.580. The Balaban J connectivity index is 1.63. The van der Waals surface area contributed by atoms with Crippen molar-refractivity contribution in [1.82, 2.24) is 15.1 Å². The van der Waals surface area contributed by atoms with Crippen LogP contribution >= 0.6 is 11.6 Å². The van der Waals surface area contributed by atoms with Gasteiger partial charge in [-0.25, -0.2) is 0 Å². The van der Waals surface area contributed by atoms with Crippen molar-refractivity contribution in [1.29, 1.82) is 0 Å². The normalized spacial score (nSPS) is 27.9. The first kappa shape index (κ1) is 12.5. The van der Waals surface area contributed by atoms with E-state index in [0.29, 0.717) is 12.1 Å². The number of aromatic nitrogens is 2. The molecule has 100 valence electrons. The Morgan fingerprint density at radius 3 is 2.83 bits per heavy atom. The van der Waals surface area contributed by atoms with E-state index in [4.69, 9.17) is 16.3 Å². The Labute approximate surface area is 113 Å². The van der Waals surface area contributed by atoms with Crippen molar-refractivity contribution in [2.24, 2.45) is 13.0 Å². The number of nitrogens with zero attached hydrogens (tertiary/aromatic N) is 2. The molecule has 0 spiro atoms. The first-order valence-electron chi connectivity index (χ1n) is 6.69. The highest BCUT2D eigenvalue weighted by molar-refractivity contribution is 6.31. The van der Waals surface area contributed by atoms with Crippen molar-refractivity contribution >= 4 is 11.6 Å². The molecule has 5 heteroatoms. The fraction of sp³-hybridized carbons (Fsp3) is 0.769. The highest BCUT2D eigenvalue weighted by Crippen LogP contribution is 2.38. The summed E-state index contributed by atoms with van der Waals surface area (Å²) in [6.45, 7) is 3.60. The quantitative estimate of drug-likeness (QED) is 0.909. The molecule has 1 N–H and O–H groups in total. The standard InChI is InChI=1S/C13H20ClN3O/c1-8-12(14)11(17(2)16-8)7-15-10-5-6-18-13(10)9-3-4-9/h9-10,13,15H,3-7H2,1-2H3. The summed E-state index contributed by atoms with van der Waals surface area (Å²) in [5.74, 6) is 0.786. The van der Waals surface area contributed by atoms with Crippen LogP contribution in [-0.4, -0.2) is 28.5 Å². The van der Waals surface area contributed by atoms with E-state index in [1.807, 2.05) is 18.7 Å². The molecule has 0 radical (unpaired) electrons. The number of ether oxygens (including phenoxy) is 1. The van der Waals surface area contributed by atoms with Gasteiger partial charge in [0.1, 0.15) is 0 Å². The summed E-state index contributed by atoms with van der Waals surface area (Å²) in [6, 6.07) is 0.476. The highest BCUT2D eigenvalue weighted by atomic mass is 35.5. The van der Waals surface area contributed by atoms with E-state index < -0.39 is 0 Å². The fourth-order valence-corrected chi connectivity index (χ4v) is 3.05. The highest BCUT2D eigenvalue weighted by Gasteiger charge is 2.40. The van der Waals surface area contributed by atoms with Crippen LogP contribution in [0.4, 0.5) is 0 Å². The lowest BCUT2D eigenvalue weighted by Crippen LogP contribution is -2.37. The maximum absolute atomic E-state index is 6.26. The molecule has 0 amide bonds. The van der Waals surface area contributed by atoms with Gasteiger partial charge >= 0.3 is 0 Å². The minimum absolute atomic E-state index is 0.415. The molecule has 1 aromatic rings. The van der Waals surface area contributed by atoms with E-state index in [-0.39, 0.29) is 0 Å². The van der Waals surface area contributed by atoms with Crippen molar-refractivity contribution in [2.75, 3.05) is 6.61 Å². The van der Waals surface area contributed by atoms with Crippen LogP contribution in [0.1, 0.15) is 30.7 Å². The molecule has 2 unspecified atom stereocenters. The van der Waals surface area contributed by atoms with E-state index >= 15 is 0 Å². The average Bonchev–Trinajstić information content (AvgIpc) is 3.03. The second-order valence-electron chi connectivity index (χ2n) is 5.42. The molecule has 1 aromatic heterocycles. The summed E-state index contributed by atoms with van der Waals surface area (Å²) >= 11 is 6.26. The monoisotopic (exact) mass is 269 g/mol. The van der Waals surface area contributed by atoms with E-state index in [0.717, 1.165) is 41.9 Å². The first-order valence-corrected chi connectivity index (χ1v) is 7.07. The number of aryl methyl sites for hydroxylation is 2. The zero-order chi connectivity index (χ0) is 12.7. The van der Waals surface area contributed by atoms with E-state index in [9.17, 15) is 0 Å². The van der Waals surface area contributed by atoms with Crippen LogP contribution in [0, 0.1) is 12.8 Å². The lowest BCUT2D eigenvalue weighted by molar-refractivity contribution is 0.0807. The third-order valence-corrected chi connectivity index (χ3v) is 4.51. The number of rotatable bonds is 4. The summed E-state index contributed by atoms with van der Waals surface area (Å²) in [7, 11) is 1.94. The molecule has 1 aliphatic heterocycles. The summed E-state index contributed by atoms with van der Waals surface area (Å²) in [6.07, 6.45) is 4.18. The molecule has 0 aromatic carbocycles. The van der Waals surface area contributed by atoms with E-state index in [1.54, 1.807) is 0 Å². The van der Waals surface area contributed by atoms with Crippen molar-refractivity contribution in [3.63, 3.8) is 0 Å². The fourth-order valence-electron chi connectivity index (χ4n) is 2.82. The lowest BCUT2D eigenvalue weighted by atomic mass is 10.1. The van der Waals surface area contributed by atoms with Crippen molar-refractivity contribution < 1.29 is 4.74 Å². The molecule has 2 aliphatic rings. The molecular formula is C13H20ClN3O. The zero-order valence-electron chi connectivity index (χ0n) is 10.9. The molecule has 2 fully saturated rings. The van der Waals surface area contributed by atoms with Gasteiger partial charge in [0.05, 0.1) is 22.5 Å². The number of halogens is 1. The second-order valence-corrected chi connectivity index (χ2v) is 5.80. The summed E-state index contributed by atoms with van der Waals surface area (Å²) < 4.78 is 7.69.